The van der Waals surface area contributed by atoms with Crippen molar-refractivity contribution in [2.75, 3.05) is 0 Å². The molecule has 0 saturated carbocycles. The third kappa shape index (κ3) is 2.27. The Bertz CT molecular complexity index is 1140. The summed E-state index contributed by atoms with van der Waals surface area (Å²) in [7, 11) is 1.78. The first-order chi connectivity index (χ1) is 12.3. The van der Waals surface area contributed by atoms with Crippen molar-refractivity contribution in [3.05, 3.63) is 63.5 Å². The lowest BCUT2D eigenvalue weighted by Crippen LogP contribution is -1.98. The molecule has 4 rings (SSSR count). The number of fused-ring (bicyclic) bond motifs is 2. The number of nitrogens with zero attached hydrogens (tertiary/aromatic N) is 2. The molecule has 0 aliphatic carbocycles. The van der Waals surface area contributed by atoms with Gasteiger partial charge in [-0.25, -0.2) is 0 Å². The van der Waals surface area contributed by atoms with E-state index in [0.29, 0.717) is 10.9 Å². The van der Waals surface area contributed by atoms with E-state index >= 15 is 0 Å². The van der Waals surface area contributed by atoms with Crippen molar-refractivity contribution in [2.24, 2.45) is 7.05 Å². The number of aromatic nitrogens is 1. The summed E-state index contributed by atoms with van der Waals surface area (Å²) in [6, 6.07) is 6.77. The zero-order valence-corrected chi connectivity index (χ0v) is 13.5. The number of carbonyl (C=O) groups excluding carboxylic acids is 1. The van der Waals surface area contributed by atoms with Gasteiger partial charge in [0.15, 0.2) is 5.76 Å². The molecule has 0 spiro atoms. The van der Waals surface area contributed by atoms with Crippen LogP contribution in [-0.4, -0.2) is 25.5 Å². The zero-order chi connectivity index (χ0) is 18.6. The van der Waals surface area contributed by atoms with Crippen LogP contribution in [-0.2, 0) is 7.05 Å². The lowest BCUT2D eigenvalue weighted by molar-refractivity contribution is -0.384. The second-order valence-electron chi connectivity index (χ2n) is 5.93. The molecule has 3 aromatic rings. The third-order valence-electron chi connectivity index (χ3n) is 4.24. The fourth-order valence-corrected chi connectivity index (χ4v) is 3.06. The highest BCUT2D eigenvalue weighted by Gasteiger charge is 2.31. The van der Waals surface area contributed by atoms with Gasteiger partial charge >= 0.3 is 0 Å². The third-order valence-corrected chi connectivity index (χ3v) is 4.24. The maximum absolute atomic E-state index is 12.5. The van der Waals surface area contributed by atoms with Gasteiger partial charge in [-0.15, -0.1) is 0 Å². The Balaban J connectivity index is 1.85. The summed E-state index contributed by atoms with van der Waals surface area (Å²) in [5.74, 6) is -1.11. The van der Waals surface area contributed by atoms with Crippen LogP contribution in [0.1, 0.15) is 15.9 Å². The Morgan fingerprint density at radius 3 is 2.73 bits per heavy atom. The van der Waals surface area contributed by atoms with Crippen molar-refractivity contribution in [3.63, 3.8) is 0 Å². The van der Waals surface area contributed by atoms with Crippen LogP contribution in [0.25, 0.3) is 17.0 Å². The predicted octanol–water partition coefficient (Wildman–Crippen LogP) is 3.11. The highest BCUT2D eigenvalue weighted by Crippen LogP contribution is 2.41. The lowest BCUT2D eigenvalue weighted by Gasteiger charge is -2.00. The molecule has 0 fully saturated rings. The molecule has 1 aliphatic heterocycles. The molecule has 0 saturated heterocycles. The number of nitro groups is 1. The van der Waals surface area contributed by atoms with Gasteiger partial charge in [0, 0.05) is 54.0 Å². The number of nitro benzene ring substituents is 1. The fourth-order valence-electron chi connectivity index (χ4n) is 3.06. The SMILES string of the molecule is Cn1cc(C=C2Oc3cc(O)cc(O)c3C2=O)c2cc([N+](=O)[O-])ccc21. The second-order valence-corrected chi connectivity index (χ2v) is 5.93. The van der Waals surface area contributed by atoms with Crippen LogP contribution in [0.5, 0.6) is 17.2 Å². The molecule has 8 nitrogen and oxygen atoms in total. The summed E-state index contributed by atoms with van der Waals surface area (Å²) >= 11 is 0. The standard InChI is InChI=1S/C18H12N2O6/c1-19-8-9(12-5-10(20(24)25)2-3-13(12)19)4-16-18(23)17-14(22)6-11(21)7-15(17)26-16/h2-8,21-22H,1H3. The number of hydrogen-bond acceptors (Lipinski definition) is 6. The summed E-state index contributed by atoms with van der Waals surface area (Å²) in [4.78, 5) is 23.0. The molecule has 1 aliphatic rings. The topological polar surface area (TPSA) is 115 Å². The summed E-state index contributed by atoms with van der Waals surface area (Å²) < 4.78 is 7.25. The van der Waals surface area contributed by atoms with Crippen molar-refractivity contribution < 1.29 is 24.7 Å². The normalized spacial score (nSPS) is 14.7. The number of Topliss-reactive ketones (excluding diaryl/α,β-unsaturated/α-hetero) is 1. The van der Waals surface area contributed by atoms with Crippen LogP contribution >= 0.6 is 0 Å². The smallest absolute Gasteiger partial charge is 0.270 e. The Kier molecular flexibility index (Phi) is 3.23. The number of allylic oxidation sites excluding steroid dienone is 1. The monoisotopic (exact) mass is 352 g/mol. The molecule has 2 N–H and O–H groups in total. The van der Waals surface area contributed by atoms with Crippen LogP contribution in [0.15, 0.2) is 42.3 Å². The van der Waals surface area contributed by atoms with Gasteiger partial charge in [-0.2, -0.15) is 0 Å². The minimum atomic E-state index is -0.528. The number of carbonyl (C=O) groups is 1. The Labute approximate surface area is 146 Å². The van der Waals surface area contributed by atoms with E-state index in [1.165, 1.54) is 24.3 Å². The van der Waals surface area contributed by atoms with E-state index in [-0.39, 0.29) is 34.3 Å². The van der Waals surface area contributed by atoms with Gasteiger partial charge in [0.25, 0.3) is 5.69 Å². The molecule has 8 heteroatoms. The molecule has 0 unspecified atom stereocenters. The van der Waals surface area contributed by atoms with Crippen LogP contribution in [0.2, 0.25) is 0 Å². The number of aromatic hydroxyl groups is 2. The van der Waals surface area contributed by atoms with Gasteiger partial charge in [0.1, 0.15) is 22.8 Å². The van der Waals surface area contributed by atoms with Crippen molar-refractivity contribution in [1.29, 1.82) is 0 Å². The van der Waals surface area contributed by atoms with E-state index in [4.69, 9.17) is 4.74 Å². The Morgan fingerprint density at radius 1 is 1.23 bits per heavy atom. The fraction of sp³-hybridized carbons (Fsp3) is 0.0556. The van der Waals surface area contributed by atoms with Gasteiger partial charge in [-0.3, -0.25) is 14.9 Å². The molecular weight excluding hydrogens is 340 g/mol. The highest BCUT2D eigenvalue weighted by molar-refractivity contribution is 6.16. The van der Waals surface area contributed by atoms with Crippen molar-refractivity contribution in [3.8, 4) is 17.2 Å². The van der Waals surface area contributed by atoms with Crippen LogP contribution < -0.4 is 4.74 Å². The number of aryl methyl sites for hydroxylation is 1. The molecular formula is C18H12N2O6. The Morgan fingerprint density at radius 2 is 2.00 bits per heavy atom. The predicted molar refractivity (Wildman–Crippen MR) is 92.3 cm³/mol. The van der Waals surface area contributed by atoms with Gasteiger partial charge in [0.05, 0.1) is 4.92 Å². The number of ether oxygens (including phenoxy) is 1. The number of phenolic OH excluding ortho intramolecular Hbond substituents is 2. The summed E-state index contributed by atoms with van der Waals surface area (Å²) in [5.41, 5.74) is 1.23. The number of ketones is 1. The number of benzene rings is 2. The minimum Gasteiger partial charge on any atom is -0.508 e. The minimum absolute atomic E-state index is 0.0275. The molecule has 0 radical (unpaired) electrons. The Hall–Kier alpha value is -3.81. The second kappa shape index (κ2) is 5.35. The van der Waals surface area contributed by atoms with E-state index in [1.54, 1.807) is 23.9 Å². The molecule has 2 aromatic carbocycles. The summed E-state index contributed by atoms with van der Waals surface area (Å²) in [6.07, 6.45) is 3.18. The van der Waals surface area contributed by atoms with E-state index in [1.807, 2.05) is 0 Å². The van der Waals surface area contributed by atoms with Crippen molar-refractivity contribution in [1.82, 2.24) is 4.57 Å². The number of non-ortho nitro benzene ring substituents is 1. The summed E-state index contributed by atoms with van der Waals surface area (Å²) in [5, 5.41) is 31.0. The quantitative estimate of drug-likeness (QED) is 0.416. The van der Waals surface area contributed by atoms with Crippen molar-refractivity contribution >= 4 is 28.4 Å². The molecule has 0 atom stereocenters. The van der Waals surface area contributed by atoms with Crippen LogP contribution in [0.4, 0.5) is 5.69 Å². The average Bonchev–Trinajstić information content (AvgIpc) is 3.05. The van der Waals surface area contributed by atoms with E-state index in [9.17, 15) is 25.1 Å². The van der Waals surface area contributed by atoms with E-state index < -0.39 is 10.7 Å². The van der Waals surface area contributed by atoms with Crippen LogP contribution in [0, 0.1) is 10.1 Å². The largest absolute Gasteiger partial charge is 0.508 e. The maximum Gasteiger partial charge on any atom is 0.270 e. The summed E-state index contributed by atoms with van der Waals surface area (Å²) in [6.45, 7) is 0. The molecule has 0 amide bonds. The van der Waals surface area contributed by atoms with Gasteiger partial charge in [-0.05, 0) is 12.1 Å². The molecule has 2 heterocycles. The number of phenols is 2. The molecule has 1 aromatic heterocycles. The first-order valence-electron chi connectivity index (χ1n) is 7.59. The highest BCUT2D eigenvalue weighted by atomic mass is 16.6. The number of rotatable bonds is 2. The maximum atomic E-state index is 12.5. The molecule has 130 valence electrons. The van der Waals surface area contributed by atoms with E-state index in [2.05, 4.69) is 0 Å². The first kappa shape index (κ1) is 15.7. The van der Waals surface area contributed by atoms with Gasteiger partial charge < -0.3 is 19.5 Å². The van der Waals surface area contributed by atoms with Gasteiger partial charge in [0.2, 0.25) is 5.78 Å². The molecule has 26 heavy (non-hydrogen) atoms. The average molecular weight is 352 g/mol. The van der Waals surface area contributed by atoms with E-state index in [0.717, 1.165) is 11.6 Å². The molecule has 0 bridgehead atoms. The van der Waals surface area contributed by atoms with Gasteiger partial charge in [-0.1, -0.05) is 0 Å². The van der Waals surface area contributed by atoms with Crippen LogP contribution in [0.3, 0.4) is 0 Å². The number of hydrogen-bond donors (Lipinski definition) is 2. The first-order valence-corrected chi connectivity index (χ1v) is 7.59. The van der Waals surface area contributed by atoms with Crippen molar-refractivity contribution in [2.45, 2.75) is 0 Å². The zero-order valence-electron chi connectivity index (χ0n) is 13.5. The lowest BCUT2D eigenvalue weighted by atomic mass is 10.1.